The molecular formula is C21H30N4O3. The highest BCUT2D eigenvalue weighted by Crippen LogP contribution is 2.52. The molecule has 4 heterocycles. The van der Waals surface area contributed by atoms with Gasteiger partial charge in [-0.05, 0) is 12.8 Å². The first-order valence-electron chi connectivity index (χ1n) is 10.3. The van der Waals surface area contributed by atoms with Crippen molar-refractivity contribution >= 4 is 11.8 Å². The highest BCUT2D eigenvalue weighted by atomic mass is 16.5. The number of amides is 2. The number of rotatable bonds is 7. The van der Waals surface area contributed by atoms with Gasteiger partial charge in [0.1, 0.15) is 11.4 Å². The van der Waals surface area contributed by atoms with Gasteiger partial charge in [-0.3, -0.25) is 9.59 Å². The van der Waals surface area contributed by atoms with E-state index in [1.54, 1.807) is 18.1 Å². The number of H-pyrrole nitrogens is 1. The van der Waals surface area contributed by atoms with Gasteiger partial charge in [0.05, 0.1) is 31.0 Å². The molecule has 0 saturated carbocycles. The lowest BCUT2D eigenvalue weighted by Gasteiger charge is -2.27. The fourth-order valence-electron chi connectivity index (χ4n) is 4.98. The summed E-state index contributed by atoms with van der Waals surface area (Å²) in [7, 11) is 1.77. The molecule has 7 nitrogen and oxygen atoms in total. The van der Waals surface area contributed by atoms with Crippen molar-refractivity contribution in [1.82, 2.24) is 19.8 Å². The van der Waals surface area contributed by atoms with Gasteiger partial charge in [0, 0.05) is 25.5 Å². The van der Waals surface area contributed by atoms with Gasteiger partial charge in [-0.15, -0.1) is 0 Å². The van der Waals surface area contributed by atoms with Crippen LogP contribution in [-0.2, 0) is 20.9 Å². The lowest BCUT2D eigenvalue weighted by molar-refractivity contribution is -0.143. The van der Waals surface area contributed by atoms with Crippen LogP contribution in [0.1, 0.15) is 38.2 Å². The second-order valence-corrected chi connectivity index (χ2v) is 8.51. The summed E-state index contributed by atoms with van der Waals surface area (Å²) < 4.78 is 6.23. The van der Waals surface area contributed by atoms with Crippen molar-refractivity contribution in [2.75, 3.05) is 20.1 Å². The van der Waals surface area contributed by atoms with Crippen LogP contribution in [0.25, 0.3) is 0 Å². The Balaban J connectivity index is 1.52. The maximum Gasteiger partial charge on any atom is 0.230 e. The Morgan fingerprint density at radius 2 is 2.21 bits per heavy atom. The van der Waals surface area contributed by atoms with E-state index in [1.165, 1.54) is 0 Å². The quantitative estimate of drug-likeness (QED) is 0.726. The summed E-state index contributed by atoms with van der Waals surface area (Å²) in [5.74, 6) is 0.387. The number of hydrogen-bond donors (Lipinski definition) is 1. The third-order valence-corrected chi connectivity index (χ3v) is 6.62. The van der Waals surface area contributed by atoms with Crippen molar-refractivity contribution in [3.05, 3.63) is 29.9 Å². The minimum absolute atomic E-state index is 0.0481. The van der Waals surface area contributed by atoms with Crippen LogP contribution in [0.2, 0.25) is 0 Å². The zero-order valence-electron chi connectivity index (χ0n) is 17.1. The predicted molar refractivity (Wildman–Crippen MR) is 104 cm³/mol. The molecule has 4 rings (SSSR count). The SMILES string of the molecule is CCC(CC)CN1C[C@]23C=C[C@H](O2)[C@H](C(=O)N(C)Cc2ncc(C)[nH]2)[C@H]3C1=O. The number of imidazole rings is 1. The molecule has 1 spiro atoms. The number of likely N-dealkylation sites (tertiary alicyclic amines) is 1. The molecule has 152 valence electrons. The second-order valence-electron chi connectivity index (χ2n) is 8.51. The molecule has 28 heavy (non-hydrogen) atoms. The molecule has 3 aliphatic rings. The highest BCUT2D eigenvalue weighted by molar-refractivity contribution is 5.93. The fourth-order valence-corrected chi connectivity index (χ4v) is 4.98. The first kappa shape index (κ1) is 19.2. The molecule has 2 bridgehead atoms. The van der Waals surface area contributed by atoms with Crippen LogP contribution >= 0.6 is 0 Å². The molecule has 1 aromatic heterocycles. The molecule has 0 aliphatic carbocycles. The van der Waals surface area contributed by atoms with Gasteiger partial charge >= 0.3 is 0 Å². The van der Waals surface area contributed by atoms with Crippen LogP contribution < -0.4 is 0 Å². The minimum atomic E-state index is -0.629. The summed E-state index contributed by atoms with van der Waals surface area (Å²) in [6.07, 6.45) is 7.53. The van der Waals surface area contributed by atoms with E-state index in [9.17, 15) is 9.59 Å². The Kier molecular flexibility index (Phi) is 4.81. The number of carbonyl (C=O) groups is 2. The van der Waals surface area contributed by atoms with E-state index >= 15 is 0 Å². The average Bonchev–Trinajstić information content (AvgIpc) is 3.41. The average molecular weight is 386 g/mol. The van der Waals surface area contributed by atoms with E-state index in [0.717, 1.165) is 30.9 Å². The Hall–Kier alpha value is -2.15. The molecule has 0 aromatic carbocycles. The minimum Gasteiger partial charge on any atom is -0.360 e. The van der Waals surface area contributed by atoms with Gasteiger partial charge in [-0.25, -0.2) is 4.98 Å². The molecule has 2 fully saturated rings. The predicted octanol–water partition coefficient (Wildman–Crippen LogP) is 1.89. The number of aromatic nitrogens is 2. The summed E-state index contributed by atoms with van der Waals surface area (Å²) in [6, 6.07) is 0. The zero-order valence-corrected chi connectivity index (χ0v) is 17.1. The largest absolute Gasteiger partial charge is 0.360 e. The lowest BCUT2D eigenvalue weighted by Crippen LogP contribution is -2.44. The molecule has 0 unspecified atom stereocenters. The molecule has 1 N–H and O–H groups in total. The van der Waals surface area contributed by atoms with E-state index < -0.39 is 17.4 Å². The van der Waals surface area contributed by atoms with Crippen LogP contribution in [0.5, 0.6) is 0 Å². The molecule has 7 heteroatoms. The Labute approximate surface area is 166 Å². The smallest absolute Gasteiger partial charge is 0.230 e. The van der Waals surface area contributed by atoms with Crippen LogP contribution in [0.4, 0.5) is 0 Å². The van der Waals surface area contributed by atoms with Crippen LogP contribution in [-0.4, -0.2) is 63.4 Å². The Morgan fingerprint density at radius 1 is 1.46 bits per heavy atom. The number of nitrogens with one attached hydrogen (secondary N) is 1. The van der Waals surface area contributed by atoms with Gasteiger partial charge in [0.25, 0.3) is 0 Å². The van der Waals surface area contributed by atoms with Crippen LogP contribution in [0.3, 0.4) is 0 Å². The Bertz CT molecular complexity index is 799. The second kappa shape index (κ2) is 7.03. The first-order chi connectivity index (χ1) is 13.4. The van der Waals surface area contributed by atoms with Crippen molar-refractivity contribution in [2.24, 2.45) is 17.8 Å². The number of aryl methyl sites for hydroxylation is 1. The lowest BCUT2D eigenvalue weighted by atomic mass is 9.76. The van der Waals surface area contributed by atoms with Crippen LogP contribution in [0, 0.1) is 24.7 Å². The van der Waals surface area contributed by atoms with Gasteiger partial charge in [-0.2, -0.15) is 0 Å². The fraction of sp³-hybridized carbons (Fsp3) is 0.667. The van der Waals surface area contributed by atoms with Gasteiger partial charge < -0.3 is 19.5 Å². The van der Waals surface area contributed by atoms with E-state index in [-0.39, 0.29) is 17.9 Å². The third kappa shape index (κ3) is 2.96. The summed E-state index contributed by atoms with van der Waals surface area (Å²) >= 11 is 0. The van der Waals surface area contributed by atoms with E-state index in [2.05, 4.69) is 23.8 Å². The van der Waals surface area contributed by atoms with Gasteiger partial charge in [0.2, 0.25) is 11.8 Å². The number of aromatic amines is 1. The summed E-state index contributed by atoms with van der Waals surface area (Å²) in [4.78, 5) is 37.6. The molecular weight excluding hydrogens is 356 g/mol. The summed E-state index contributed by atoms with van der Waals surface area (Å²) in [5.41, 5.74) is 0.333. The van der Waals surface area contributed by atoms with E-state index in [4.69, 9.17) is 4.74 Å². The van der Waals surface area contributed by atoms with E-state index in [1.807, 2.05) is 24.0 Å². The van der Waals surface area contributed by atoms with Crippen LogP contribution in [0.15, 0.2) is 18.3 Å². The van der Waals surface area contributed by atoms with Crippen molar-refractivity contribution < 1.29 is 14.3 Å². The molecule has 4 atom stereocenters. The third-order valence-electron chi connectivity index (χ3n) is 6.62. The van der Waals surface area contributed by atoms with Crippen molar-refractivity contribution in [1.29, 1.82) is 0 Å². The van der Waals surface area contributed by atoms with Crippen molar-refractivity contribution in [3.8, 4) is 0 Å². The number of carbonyl (C=O) groups excluding carboxylic acids is 2. The summed E-state index contributed by atoms with van der Waals surface area (Å²) in [6.45, 7) is 7.95. The molecule has 1 aromatic rings. The number of hydrogen-bond acceptors (Lipinski definition) is 4. The molecule has 2 amide bonds. The van der Waals surface area contributed by atoms with Gasteiger partial charge in [0.15, 0.2) is 0 Å². The normalized spacial score (nSPS) is 30.5. The first-order valence-corrected chi connectivity index (χ1v) is 10.3. The maximum atomic E-state index is 13.3. The number of ether oxygens (including phenoxy) is 1. The topological polar surface area (TPSA) is 78.5 Å². The summed E-state index contributed by atoms with van der Waals surface area (Å²) in [5, 5.41) is 0. The highest BCUT2D eigenvalue weighted by Gasteiger charge is 2.67. The molecule has 0 radical (unpaired) electrons. The Morgan fingerprint density at radius 3 is 2.86 bits per heavy atom. The van der Waals surface area contributed by atoms with E-state index in [0.29, 0.717) is 19.0 Å². The number of fused-ring (bicyclic) bond motifs is 1. The molecule has 2 saturated heterocycles. The standard InChI is InChI=1S/C21H30N4O3/c1-5-14(6-2)10-25-12-21-8-7-15(28-21)17(18(21)20(25)27)19(26)24(4)11-16-22-9-13(3)23-16/h7-9,14-15,17-18H,5-6,10-12H2,1-4H3,(H,22,23)/t15-,17-,18-,21-/m0/s1. The maximum absolute atomic E-state index is 13.3. The van der Waals surface area contributed by atoms with Gasteiger partial charge in [-0.1, -0.05) is 38.8 Å². The van der Waals surface area contributed by atoms with Crippen molar-refractivity contribution in [3.63, 3.8) is 0 Å². The molecule has 3 aliphatic heterocycles. The number of nitrogens with zero attached hydrogens (tertiary/aromatic N) is 3. The monoisotopic (exact) mass is 386 g/mol. The zero-order chi connectivity index (χ0) is 20.1. The van der Waals surface area contributed by atoms with Crippen molar-refractivity contribution in [2.45, 2.75) is 51.9 Å².